The Kier molecular flexibility index (Phi) is 13.6. The first-order valence-electron chi connectivity index (χ1n) is 15.6. The van der Waals surface area contributed by atoms with Gasteiger partial charge in [-0.1, -0.05) is 118 Å². The van der Waals surface area contributed by atoms with E-state index in [1.807, 2.05) is 91.0 Å². The molecule has 8 heteroatoms. The standard InChI is InChI=1S/C35H46N2O6/c1-3-5-22-36(23-6-4-2)35-32(37(38)39)34(42-26-30-20-14-9-15-21-30)33(41-25-29-18-12-8-13-19-29)31(43-35)27-40-24-28-16-10-7-11-17-28/h7-21,31-35H,3-6,22-27H2,1-2H3/t31-,32-,33-,34-,35-/m1/s1. The van der Waals surface area contributed by atoms with Crippen molar-refractivity contribution in [3.05, 3.63) is 118 Å². The molecule has 1 saturated heterocycles. The number of nitro groups is 1. The van der Waals surface area contributed by atoms with Crippen molar-refractivity contribution in [1.29, 1.82) is 0 Å². The van der Waals surface area contributed by atoms with Crippen LogP contribution in [0.15, 0.2) is 91.0 Å². The molecule has 4 rings (SSSR count). The van der Waals surface area contributed by atoms with E-state index in [1.54, 1.807) is 0 Å². The Balaban J connectivity index is 1.66. The summed E-state index contributed by atoms with van der Waals surface area (Å²) in [5, 5.41) is 12.9. The zero-order chi connectivity index (χ0) is 30.3. The van der Waals surface area contributed by atoms with Crippen LogP contribution in [0.2, 0.25) is 0 Å². The Morgan fingerprint density at radius 2 is 1.19 bits per heavy atom. The normalized spacial score (nSPS) is 22.1. The van der Waals surface area contributed by atoms with Crippen LogP contribution in [0.25, 0.3) is 0 Å². The third kappa shape index (κ3) is 9.95. The molecule has 0 N–H and O–H groups in total. The Bertz CT molecular complexity index is 1170. The van der Waals surface area contributed by atoms with E-state index in [-0.39, 0.29) is 24.7 Å². The van der Waals surface area contributed by atoms with Gasteiger partial charge >= 0.3 is 0 Å². The van der Waals surface area contributed by atoms with E-state index < -0.39 is 30.6 Å². The predicted octanol–water partition coefficient (Wildman–Crippen LogP) is 6.65. The number of rotatable bonds is 18. The van der Waals surface area contributed by atoms with Crippen molar-refractivity contribution in [2.45, 2.75) is 89.9 Å². The van der Waals surface area contributed by atoms with Gasteiger partial charge in [-0.2, -0.15) is 0 Å². The Labute approximate surface area is 256 Å². The molecular weight excluding hydrogens is 544 g/mol. The van der Waals surface area contributed by atoms with Crippen molar-refractivity contribution in [3.8, 4) is 0 Å². The lowest BCUT2D eigenvalue weighted by atomic mass is 9.94. The second-order valence-electron chi connectivity index (χ2n) is 11.1. The summed E-state index contributed by atoms with van der Waals surface area (Å²) in [4.78, 5) is 14.8. The number of ether oxygens (including phenoxy) is 4. The fraction of sp³-hybridized carbons (Fsp3) is 0.486. The minimum Gasteiger partial charge on any atom is -0.374 e. The topological polar surface area (TPSA) is 83.3 Å². The first-order valence-corrected chi connectivity index (χ1v) is 15.6. The lowest BCUT2D eigenvalue weighted by Gasteiger charge is -2.46. The first-order chi connectivity index (χ1) is 21.1. The molecule has 3 aromatic carbocycles. The highest BCUT2D eigenvalue weighted by atomic mass is 16.7. The first kappa shape index (κ1) is 32.8. The van der Waals surface area contributed by atoms with Crippen molar-refractivity contribution in [2.75, 3.05) is 19.7 Å². The van der Waals surface area contributed by atoms with Gasteiger partial charge in [0.05, 0.1) is 26.4 Å². The predicted molar refractivity (Wildman–Crippen MR) is 167 cm³/mol. The minimum absolute atomic E-state index is 0.218. The van der Waals surface area contributed by atoms with E-state index in [1.165, 1.54) is 0 Å². The number of unbranched alkanes of at least 4 members (excludes halogenated alkanes) is 2. The Morgan fingerprint density at radius 3 is 1.65 bits per heavy atom. The lowest BCUT2D eigenvalue weighted by Crippen LogP contribution is -2.67. The molecule has 0 saturated carbocycles. The van der Waals surface area contributed by atoms with E-state index in [0.29, 0.717) is 19.7 Å². The smallest absolute Gasteiger partial charge is 0.280 e. The molecule has 0 spiro atoms. The fourth-order valence-corrected chi connectivity index (χ4v) is 5.45. The third-order valence-corrected chi connectivity index (χ3v) is 7.80. The summed E-state index contributed by atoms with van der Waals surface area (Å²) in [6, 6.07) is 28.4. The molecule has 0 radical (unpaired) electrons. The molecule has 1 heterocycles. The van der Waals surface area contributed by atoms with Gasteiger partial charge in [-0.25, -0.2) is 0 Å². The van der Waals surface area contributed by atoms with Crippen LogP contribution in [0.1, 0.15) is 56.2 Å². The summed E-state index contributed by atoms with van der Waals surface area (Å²) in [7, 11) is 0. The van der Waals surface area contributed by atoms with E-state index in [4.69, 9.17) is 18.9 Å². The molecule has 5 atom stereocenters. The highest BCUT2D eigenvalue weighted by molar-refractivity contribution is 5.15. The maximum Gasteiger partial charge on any atom is 0.280 e. The average Bonchev–Trinajstić information content (AvgIpc) is 3.04. The van der Waals surface area contributed by atoms with Crippen LogP contribution >= 0.6 is 0 Å². The van der Waals surface area contributed by atoms with Crippen LogP contribution in [-0.4, -0.2) is 60.1 Å². The van der Waals surface area contributed by atoms with Crippen LogP contribution in [0.3, 0.4) is 0 Å². The fourth-order valence-electron chi connectivity index (χ4n) is 5.45. The summed E-state index contributed by atoms with van der Waals surface area (Å²) >= 11 is 0. The van der Waals surface area contributed by atoms with Gasteiger partial charge in [0, 0.05) is 18.0 Å². The van der Waals surface area contributed by atoms with Gasteiger partial charge in [0.1, 0.15) is 12.2 Å². The maximum atomic E-state index is 12.9. The van der Waals surface area contributed by atoms with Crippen molar-refractivity contribution in [3.63, 3.8) is 0 Å². The molecule has 0 bridgehead atoms. The van der Waals surface area contributed by atoms with Crippen molar-refractivity contribution < 1.29 is 23.9 Å². The van der Waals surface area contributed by atoms with Crippen molar-refractivity contribution >= 4 is 0 Å². The minimum atomic E-state index is -1.14. The summed E-state index contributed by atoms with van der Waals surface area (Å²) < 4.78 is 25.9. The van der Waals surface area contributed by atoms with Gasteiger partial charge in [0.15, 0.2) is 12.3 Å². The maximum absolute atomic E-state index is 12.9. The van der Waals surface area contributed by atoms with E-state index in [0.717, 1.165) is 42.4 Å². The molecule has 232 valence electrons. The molecule has 3 aromatic rings. The average molecular weight is 591 g/mol. The SMILES string of the molecule is CCCCN(CCCC)[C@@H]1O[C@H](COCc2ccccc2)[C@@H](OCc2ccccc2)[C@H](OCc2ccccc2)[C@H]1[N+](=O)[O-]. The zero-order valence-corrected chi connectivity index (χ0v) is 25.5. The van der Waals surface area contributed by atoms with Gasteiger partial charge < -0.3 is 18.9 Å². The van der Waals surface area contributed by atoms with Crippen LogP contribution in [0.5, 0.6) is 0 Å². The second-order valence-corrected chi connectivity index (χ2v) is 11.1. The van der Waals surface area contributed by atoms with E-state index in [2.05, 4.69) is 18.7 Å². The zero-order valence-electron chi connectivity index (χ0n) is 25.5. The summed E-state index contributed by atoms with van der Waals surface area (Å²) in [6.07, 6.45) is 0.909. The largest absolute Gasteiger partial charge is 0.374 e. The van der Waals surface area contributed by atoms with Gasteiger partial charge in [-0.3, -0.25) is 15.0 Å². The lowest BCUT2D eigenvalue weighted by molar-refractivity contribution is -0.569. The van der Waals surface area contributed by atoms with Crippen LogP contribution in [0, 0.1) is 10.1 Å². The molecule has 0 amide bonds. The molecule has 0 unspecified atom stereocenters. The molecule has 43 heavy (non-hydrogen) atoms. The highest BCUT2D eigenvalue weighted by Gasteiger charge is 2.55. The number of hydrogen-bond donors (Lipinski definition) is 0. The van der Waals surface area contributed by atoms with Gasteiger partial charge in [-0.05, 0) is 29.5 Å². The van der Waals surface area contributed by atoms with Crippen molar-refractivity contribution in [2.24, 2.45) is 0 Å². The van der Waals surface area contributed by atoms with Crippen LogP contribution in [0.4, 0.5) is 0 Å². The van der Waals surface area contributed by atoms with Gasteiger partial charge in [0.25, 0.3) is 6.04 Å². The Morgan fingerprint density at radius 1 is 0.721 bits per heavy atom. The molecule has 1 fully saturated rings. The second kappa shape index (κ2) is 17.9. The molecule has 0 aromatic heterocycles. The number of nitrogens with zero attached hydrogens (tertiary/aromatic N) is 2. The molecule has 0 aliphatic carbocycles. The molecule has 8 nitrogen and oxygen atoms in total. The third-order valence-electron chi connectivity index (χ3n) is 7.80. The summed E-state index contributed by atoms with van der Waals surface area (Å²) in [5.41, 5.74) is 2.96. The van der Waals surface area contributed by atoms with Gasteiger partial charge in [0.2, 0.25) is 0 Å². The van der Waals surface area contributed by atoms with E-state index in [9.17, 15) is 10.1 Å². The number of benzene rings is 3. The van der Waals surface area contributed by atoms with Crippen molar-refractivity contribution in [1.82, 2.24) is 4.90 Å². The van der Waals surface area contributed by atoms with Crippen LogP contribution < -0.4 is 0 Å². The van der Waals surface area contributed by atoms with E-state index >= 15 is 0 Å². The summed E-state index contributed by atoms with van der Waals surface area (Å²) in [5.74, 6) is 0. The molecule has 1 aliphatic heterocycles. The van der Waals surface area contributed by atoms with Crippen LogP contribution in [-0.2, 0) is 38.8 Å². The summed E-state index contributed by atoms with van der Waals surface area (Å²) in [6.45, 7) is 6.81. The molecule has 1 aliphatic rings. The Hall–Kier alpha value is -3.14. The monoisotopic (exact) mass is 590 g/mol. The number of hydrogen-bond acceptors (Lipinski definition) is 7. The highest BCUT2D eigenvalue weighted by Crippen LogP contribution is 2.32. The molecular formula is C35H46N2O6. The van der Waals surface area contributed by atoms with Gasteiger partial charge in [-0.15, -0.1) is 0 Å². The quantitative estimate of drug-likeness (QED) is 0.121.